The van der Waals surface area contributed by atoms with Crippen LogP contribution in [-0.4, -0.2) is 12.9 Å². The summed E-state index contributed by atoms with van der Waals surface area (Å²) in [4.78, 5) is 12.0. The van der Waals surface area contributed by atoms with E-state index < -0.39 is 11.6 Å². The van der Waals surface area contributed by atoms with E-state index in [1.807, 2.05) is 0 Å². The highest BCUT2D eigenvalue weighted by atomic mass is 79.9. The molecule has 0 bridgehead atoms. The van der Waals surface area contributed by atoms with Gasteiger partial charge in [0.1, 0.15) is 11.6 Å². The Morgan fingerprint density at radius 2 is 2.12 bits per heavy atom. The third-order valence-electron chi connectivity index (χ3n) is 2.20. The minimum atomic E-state index is -0.500. The lowest BCUT2D eigenvalue weighted by molar-refractivity contribution is 0.100. The van der Waals surface area contributed by atoms with Crippen LogP contribution in [0.5, 0.6) is 5.75 Å². The van der Waals surface area contributed by atoms with Crippen molar-refractivity contribution < 1.29 is 18.3 Å². The second kappa shape index (κ2) is 4.71. The highest BCUT2D eigenvalue weighted by Gasteiger charge is 2.18. The summed E-state index contributed by atoms with van der Waals surface area (Å²) >= 11 is 3.10. The Labute approximate surface area is 105 Å². The van der Waals surface area contributed by atoms with Gasteiger partial charge >= 0.3 is 0 Å². The molecule has 1 aromatic heterocycles. The first-order valence-corrected chi connectivity index (χ1v) is 5.54. The van der Waals surface area contributed by atoms with Crippen LogP contribution in [0.4, 0.5) is 4.39 Å². The Morgan fingerprint density at radius 3 is 2.71 bits per heavy atom. The van der Waals surface area contributed by atoms with Gasteiger partial charge in [0.2, 0.25) is 5.78 Å². The number of furan rings is 1. The molecule has 3 nitrogen and oxygen atoms in total. The lowest BCUT2D eigenvalue weighted by Crippen LogP contribution is -2.03. The number of halogens is 2. The molecule has 1 heterocycles. The number of benzene rings is 1. The molecule has 0 aliphatic carbocycles. The van der Waals surface area contributed by atoms with Crippen molar-refractivity contribution in [2.45, 2.75) is 0 Å². The minimum Gasteiger partial charge on any atom is -0.496 e. The van der Waals surface area contributed by atoms with Crippen molar-refractivity contribution in [1.29, 1.82) is 0 Å². The first-order valence-electron chi connectivity index (χ1n) is 4.75. The molecule has 0 saturated heterocycles. The molecule has 0 aliphatic rings. The van der Waals surface area contributed by atoms with E-state index in [2.05, 4.69) is 15.9 Å². The first kappa shape index (κ1) is 11.9. The minimum absolute atomic E-state index is 0.126. The zero-order valence-corrected chi connectivity index (χ0v) is 10.5. The number of methoxy groups -OCH3 is 1. The predicted molar refractivity (Wildman–Crippen MR) is 62.8 cm³/mol. The van der Waals surface area contributed by atoms with Crippen LogP contribution in [0.3, 0.4) is 0 Å². The molecule has 1 aromatic carbocycles. The molecule has 2 aromatic rings. The lowest BCUT2D eigenvalue weighted by atomic mass is 10.1. The van der Waals surface area contributed by atoms with E-state index in [-0.39, 0.29) is 11.3 Å². The summed E-state index contributed by atoms with van der Waals surface area (Å²) in [6.45, 7) is 0. The first-order chi connectivity index (χ1) is 8.11. The predicted octanol–water partition coefficient (Wildman–Crippen LogP) is 3.42. The third-order valence-corrected chi connectivity index (χ3v) is 2.63. The zero-order valence-electron chi connectivity index (χ0n) is 8.87. The molecule has 0 aliphatic heterocycles. The monoisotopic (exact) mass is 298 g/mol. The van der Waals surface area contributed by atoms with Gasteiger partial charge in [-0.25, -0.2) is 4.39 Å². The fourth-order valence-corrected chi connectivity index (χ4v) is 1.73. The third kappa shape index (κ3) is 2.39. The van der Waals surface area contributed by atoms with Crippen LogP contribution in [0.25, 0.3) is 0 Å². The standard InChI is InChI=1S/C12H8BrFO3/c1-16-9-3-2-7(14)6-8(9)12(15)10-4-5-11(13)17-10/h2-6H,1H3. The normalized spacial score (nSPS) is 10.3. The summed E-state index contributed by atoms with van der Waals surface area (Å²) in [6.07, 6.45) is 0. The second-order valence-corrected chi connectivity index (χ2v) is 4.06. The van der Waals surface area contributed by atoms with Crippen LogP contribution in [0, 0.1) is 5.82 Å². The van der Waals surface area contributed by atoms with Gasteiger partial charge < -0.3 is 9.15 Å². The molecular formula is C12H8BrFO3. The molecule has 0 spiro atoms. The summed E-state index contributed by atoms with van der Waals surface area (Å²) in [7, 11) is 1.42. The largest absolute Gasteiger partial charge is 0.496 e. The van der Waals surface area contributed by atoms with Crippen LogP contribution < -0.4 is 4.74 Å². The average Bonchev–Trinajstić information content (AvgIpc) is 2.75. The summed E-state index contributed by atoms with van der Waals surface area (Å²) < 4.78 is 23.7. The summed E-state index contributed by atoms with van der Waals surface area (Å²) in [5.74, 6) is -0.489. The van der Waals surface area contributed by atoms with Crippen LogP contribution in [0.2, 0.25) is 0 Å². The van der Waals surface area contributed by atoms with E-state index in [1.54, 1.807) is 6.07 Å². The Kier molecular flexibility index (Phi) is 3.28. The van der Waals surface area contributed by atoms with Crippen LogP contribution in [-0.2, 0) is 0 Å². The highest BCUT2D eigenvalue weighted by molar-refractivity contribution is 9.10. The molecule has 0 unspecified atom stereocenters. The molecule has 0 amide bonds. The van der Waals surface area contributed by atoms with Gasteiger partial charge in [0.25, 0.3) is 0 Å². The van der Waals surface area contributed by atoms with Gasteiger partial charge in [-0.3, -0.25) is 4.79 Å². The van der Waals surface area contributed by atoms with Gasteiger partial charge in [0, 0.05) is 0 Å². The SMILES string of the molecule is COc1ccc(F)cc1C(=O)c1ccc(Br)o1. The van der Waals surface area contributed by atoms with Gasteiger partial charge in [-0.2, -0.15) is 0 Å². The van der Waals surface area contributed by atoms with Gasteiger partial charge in [-0.05, 0) is 46.3 Å². The van der Waals surface area contributed by atoms with Crippen molar-refractivity contribution in [3.8, 4) is 5.75 Å². The van der Waals surface area contributed by atoms with Crippen molar-refractivity contribution in [2.75, 3.05) is 7.11 Å². The van der Waals surface area contributed by atoms with E-state index >= 15 is 0 Å². The topological polar surface area (TPSA) is 39.4 Å². The molecule has 0 saturated carbocycles. The van der Waals surface area contributed by atoms with E-state index in [4.69, 9.17) is 9.15 Å². The van der Waals surface area contributed by atoms with Gasteiger partial charge in [0.05, 0.1) is 12.7 Å². The van der Waals surface area contributed by atoms with E-state index in [0.717, 1.165) is 6.07 Å². The lowest BCUT2D eigenvalue weighted by Gasteiger charge is -2.05. The summed E-state index contributed by atoms with van der Waals surface area (Å²) in [5, 5.41) is 0. The smallest absolute Gasteiger partial charge is 0.232 e. The molecule has 5 heteroatoms. The second-order valence-electron chi connectivity index (χ2n) is 3.28. The number of ketones is 1. The molecule has 17 heavy (non-hydrogen) atoms. The van der Waals surface area contributed by atoms with Gasteiger partial charge in [0.15, 0.2) is 10.4 Å². The molecule has 88 valence electrons. The maximum absolute atomic E-state index is 13.1. The van der Waals surface area contributed by atoms with Crippen molar-refractivity contribution in [3.63, 3.8) is 0 Å². The van der Waals surface area contributed by atoms with Crippen molar-refractivity contribution >= 4 is 21.7 Å². The fraction of sp³-hybridized carbons (Fsp3) is 0.0833. The molecule has 0 atom stereocenters. The zero-order chi connectivity index (χ0) is 12.4. The van der Waals surface area contributed by atoms with Crippen LogP contribution >= 0.6 is 15.9 Å². The fourth-order valence-electron chi connectivity index (χ4n) is 1.43. The molecular weight excluding hydrogens is 291 g/mol. The number of carbonyl (C=O) groups excluding carboxylic acids is 1. The van der Waals surface area contributed by atoms with Gasteiger partial charge in [-0.15, -0.1) is 0 Å². The number of hydrogen-bond donors (Lipinski definition) is 0. The molecule has 2 rings (SSSR count). The number of hydrogen-bond acceptors (Lipinski definition) is 3. The van der Waals surface area contributed by atoms with Crippen LogP contribution in [0.15, 0.2) is 39.4 Å². The Morgan fingerprint density at radius 1 is 1.35 bits per heavy atom. The van der Waals surface area contributed by atoms with E-state index in [0.29, 0.717) is 10.4 Å². The Balaban J connectivity index is 2.46. The molecule has 0 N–H and O–H groups in total. The highest BCUT2D eigenvalue weighted by Crippen LogP contribution is 2.24. The van der Waals surface area contributed by atoms with Crippen molar-refractivity contribution in [2.24, 2.45) is 0 Å². The average molecular weight is 299 g/mol. The maximum Gasteiger partial charge on any atom is 0.232 e. The summed E-state index contributed by atoms with van der Waals surface area (Å²) in [6, 6.07) is 6.86. The number of rotatable bonds is 3. The van der Waals surface area contributed by atoms with Crippen molar-refractivity contribution in [3.05, 3.63) is 52.1 Å². The quantitative estimate of drug-likeness (QED) is 0.815. The van der Waals surface area contributed by atoms with E-state index in [9.17, 15) is 9.18 Å². The van der Waals surface area contributed by atoms with Crippen LogP contribution in [0.1, 0.15) is 16.1 Å². The van der Waals surface area contributed by atoms with E-state index in [1.165, 1.54) is 25.3 Å². The molecule has 0 radical (unpaired) electrons. The van der Waals surface area contributed by atoms with Crippen molar-refractivity contribution in [1.82, 2.24) is 0 Å². The maximum atomic E-state index is 13.1. The molecule has 0 fully saturated rings. The van der Waals surface area contributed by atoms with Gasteiger partial charge in [-0.1, -0.05) is 0 Å². The Bertz CT molecular complexity index is 563. The number of carbonyl (C=O) groups is 1. The Hall–Kier alpha value is -1.62. The number of ether oxygens (including phenoxy) is 1. The summed E-state index contributed by atoms with van der Waals surface area (Å²) in [5.41, 5.74) is 0.134.